The molecule has 0 aliphatic rings. The highest BCUT2D eigenvalue weighted by molar-refractivity contribution is 4.48. The van der Waals surface area contributed by atoms with Gasteiger partial charge in [0.2, 0.25) is 6.29 Å². The predicted molar refractivity (Wildman–Crippen MR) is 17.4 cm³/mol. The first-order valence-corrected chi connectivity index (χ1v) is 1.51. The topological polar surface area (TPSA) is 40.5 Å². The van der Waals surface area contributed by atoms with E-state index in [1.807, 2.05) is 0 Å². The van der Waals surface area contributed by atoms with Crippen LogP contribution in [0.15, 0.2) is 0 Å². The Balaban J connectivity index is 2.54. The standard InChI is InChI=1S/C3H7O2/c1-2-3(4)5/h4-5H,2H2,1H3. The van der Waals surface area contributed by atoms with Crippen molar-refractivity contribution >= 4 is 0 Å². The minimum Gasteiger partial charge on any atom is -0.361 e. The summed E-state index contributed by atoms with van der Waals surface area (Å²) in [5.74, 6) is 0. The van der Waals surface area contributed by atoms with Crippen molar-refractivity contribution in [3.05, 3.63) is 6.29 Å². The summed E-state index contributed by atoms with van der Waals surface area (Å²) in [7, 11) is 0. The van der Waals surface area contributed by atoms with Gasteiger partial charge in [-0.25, -0.2) is 0 Å². The molecule has 0 fully saturated rings. The number of aliphatic hydroxyl groups is 2. The normalized spacial score (nSPS) is 9.60. The summed E-state index contributed by atoms with van der Waals surface area (Å²) >= 11 is 0. The zero-order valence-corrected chi connectivity index (χ0v) is 3.10. The molecule has 0 saturated carbocycles. The van der Waals surface area contributed by atoms with Crippen LogP contribution in [0.1, 0.15) is 13.3 Å². The van der Waals surface area contributed by atoms with Crippen molar-refractivity contribution in [2.24, 2.45) is 0 Å². The van der Waals surface area contributed by atoms with E-state index in [0.29, 0.717) is 6.42 Å². The molecule has 2 nitrogen and oxygen atoms in total. The molecule has 2 N–H and O–H groups in total. The molecule has 0 rings (SSSR count). The zero-order chi connectivity index (χ0) is 4.28. The van der Waals surface area contributed by atoms with Gasteiger partial charge in [0.05, 0.1) is 0 Å². The first kappa shape index (κ1) is 4.92. The van der Waals surface area contributed by atoms with E-state index in [1.54, 1.807) is 6.92 Å². The van der Waals surface area contributed by atoms with Crippen molar-refractivity contribution in [3.8, 4) is 0 Å². The van der Waals surface area contributed by atoms with Crippen LogP contribution in [0, 0.1) is 6.29 Å². The maximum atomic E-state index is 7.83. The van der Waals surface area contributed by atoms with Crippen LogP contribution in [-0.4, -0.2) is 10.2 Å². The summed E-state index contributed by atoms with van der Waals surface area (Å²) in [6, 6.07) is 0. The zero-order valence-electron chi connectivity index (χ0n) is 3.10. The highest BCUT2D eigenvalue weighted by Crippen LogP contribution is 1.88. The minimum atomic E-state index is -0.495. The molecule has 0 aromatic heterocycles. The molecule has 5 heavy (non-hydrogen) atoms. The second-order valence-electron chi connectivity index (χ2n) is 0.770. The molecule has 0 spiro atoms. The van der Waals surface area contributed by atoms with E-state index in [2.05, 4.69) is 0 Å². The van der Waals surface area contributed by atoms with Gasteiger partial charge in [-0.2, -0.15) is 0 Å². The smallest absolute Gasteiger partial charge is 0.218 e. The Labute approximate surface area is 31.1 Å². The fourth-order valence-electron chi connectivity index (χ4n) is 0. The minimum absolute atomic E-state index is 0.333. The summed E-state index contributed by atoms with van der Waals surface area (Å²) in [6.45, 7) is 1.66. The maximum Gasteiger partial charge on any atom is 0.218 e. The molecule has 0 aromatic carbocycles. The van der Waals surface area contributed by atoms with Gasteiger partial charge in [0.15, 0.2) is 0 Å². The average Bonchev–Trinajstić information content (AvgIpc) is 1.38. The second-order valence-corrected chi connectivity index (χ2v) is 0.770. The fraction of sp³-hybridized carbons (Fsp3) is 0.667. The first-order chi connectivity index (χ1) is 2.27. The Bertz CT molecular complexity index is 18.9. The third-order valence-electron chi connectivity index (χ3n) is 0.316. The molecular formula is C3H7O2. The molecule has 0 bridgehead atoms. The molecule has 0 unspecified atom stereocenters. The van der Waals surface area contributed by atoms with Crippen LogP contribution in [-0.2, 0) is 0 Å². The molecule has 0 aromatic rings. The van der Waals surface area contributed by atoms with E-state index in [9.17, 15) is 0 Å². The highest BCUT2D eigenvalue weighted by Gasteiger charge is 1.86. The first-order valence-electron chi connectivity index (χ1n) is 1.51. The van der Waals surface area contributed by atoms with Crippen LogP contribution in [0.2, 0.25) is 0 Å². The largest absolute Gasteiger partial charge is 0.361 e. The van der Waals surface area contributed by atoms with Gasteiger partial charge in [-0.05, 0) is 0 Å². The molecule has 0 heterocycles. The molecule has 0 amide bonds. The van der Waals surface area contributed by atoms with Crippen LogP contribution >= 0.6 is 0 Å². The van der Waals surface area contributed by atoms with Crippen LogP contribution < -0.4 is 0 Å². The number of hydrogen-bond acceptors (Lipinski definition) is 2. The van der Waals surface area contributed by atoms with Crippen LogP contribution in [0.5, 0.6) is 0 Å². The number of rotatable bonds is 1. The van der Waals surface area contributed by atoms with Crippen molar-refractivity contribution in [1.29, 1.82) is 0 Å². The van der Waals surface area contributed by atoms with Crippen LogP contribution in [0.4, 0.5) is 0 Å². The van der Waals surface area contributed by atoms with Gasteiger partial charge in [-0.1, -0.05) is 6.92 Å². The summed E-state index contributed by atoms with van der Waals surface area (Å²) in [6.07, 6.45) is -0.162. The Kier molecular flexibility index (Phi) is 2.14. The molecule has 0 atom stereocenters. The molecule has 1 radical (unpaired) electrons. The number of hydrogen-bond donors (Lipinski definition) is 2. The Hall–Kier alpha value is -0.0800. The molecule has 0 aliphatic heterocycles. The lowest BCUT2D eigenvalue weighted by atomic mass is 10.5. The van der Waals surface area contributed by atoms with E-state index in [1.165, 1.54) is 0 Å². The van der Waals surface area contributed by atoms with Gasteiger partial charge in [0.1, 0.15) is 0 Å². The van der Waals surface area contributed by atoms with Gasteiger partial charge < -0.3 is 10.2 Å². The molecule has 0 aliphatic carbocycles. The van der Waals surface area contributed by atoms with E-state index in [-0.39, 0.29) is 0 Å². The summed E-state index contributed by atoms with van der Waals surface area (Å²) in [5, 5.41) is 15.7. The van der Waals surface area contributed by atoms with Crippen molar-refractivity contribution in [2.75, 3.05) is 0 Å². The predicted octanol–water partition coefficient (Wildman–Crippen LogP) is 0.631. The Morgan fingerprint density at radius 3 is 1.80 bits per heavy atom. The average molecular weight is 75.1 g/mol. The quantitative estimate of drug-likeness (QED) is 0.480. The summed E-state index contributed by atoms with van der Waals surface area (Å²) in [5.41, 5.74) is 0. The maximum absolute atomic E-state index is 7.83. The molecular weight excluding hydrogens is 68.0 g/mol. The van der Waals surface area contributed by atoms with Crippen molar-refractivity contribution in [1.82, 2.24) is 0 Å². The van der Waals surface area contributed by atoms with Gasteiger partial charge in [-0.15, -0.1) is 0 Å². The van der Waals surface area contributed by atoms with E-state index < -0.39 is 6.29 Å². The van der Waals surface area contributed by atoms with Crippen molar-refractivity contribution in [2.45, 2.75) is 13.3 Å². The monoisotopic (exact) mass is 75.0 g/mol. The second kappa shape index (κ2) is 2.18. The number of aliphatic hydroxyl groups excluding tert-OH is 1. The van der Waals surface area contributed by atoms with Crippen LogP contribution in [0.25, 0.3) is 0 Å². The lowest BCUT2D eigenvalue weighted by molar-refractivity contribution is 0.0764. The summed E-state index contributed by atoms with van der Waals surface area (Å²) < 4.78 is 0. The van der Waals surface area contributed by atoms with Crippen molar-refractivity contribution in [3.63, 3.8) is 0 Å². The van der Waals surface area contributed by atoms with Crippen LogP contribution in [0.3, 0.4) is 0 Å². The summed E-state index contributed by atoms with van der Waals surface area (Å²) in [4.78, 5) is 0. The van der Waals surface area contributed by atoms with E-state index >= 15 is 0 Å². The third kappa shape index (κ3) is 3.92. The molecule has 31 valence electrons. The van der Waals surface area contributed by atoms with Crippen molar-refractivity contribution < 1.29 is 10.2 Å². The fourth-order valence-corrected chi connectivity index (χ4v) is 0. The van der Waals surface area contributed by atoms with Gasteiger partial charge in [0, 0.05) is 6.42 Å². The Morgan fingerprint density at radius 2 is 1.80 bits per heavy atom. The van der Waals surface area contributed by atoms with E-state index in [4.69, 9.17) is 10.2 Å². The van der Waals surface area contributed by atoms with E-state index in [0.717, 1.165) is 0 Å². The van der Waals surface area contributed by atoms with Gasteiger partial charge in [-0.3, -0.25) is 0 Å². The van der Waals surface area contributed by atoms with Gasteiger partial charge >= 0.3 is 0 Å². The van der Waals surface area contributed by atoms with Gasteiger partial charge in [0.25, 0.3) is 0 Å². The highest BCUT2D eigenvalue weighted by atomic mass is 16.5. The lowest BCUT2D eigenvalue weighted by Crippen LogP contribution is -1.86. The lowest BCUT2D eigenvalue weighted by Gasteiger charge is -1.87. The third-order valence-corrected chi connectivity index (χ3v) is 0.316. The SMILES string of the molecule is CC[C](O)O. The Morgan fingerprint density at radius 1 is 1.60 bits per heavy atom. The molecule has 0 saturated heterocycles. The molecule has 2 heteroatoms.